The van der Waals surface area contributed by atoms with Crippen molar-refractivity contribution in [3.8, 4) is 11.5 Å². The van der Waals surface area contributed by atoms with Crippen molar-refractivity contribution in [1.82, 2.24) is 10.2 Å². The highest BCUT2D eigenvalue weighted by atomic mass is 16.5. The maximum Gasteiger partial charge on any atom is 0.317 e. The van der Waals surface area contributed by atoms with Gasteiger partial charge in [0, 0.05) is 31.1 Å². The van der Waals surface area contributed by atoms with Crippen molar-refractivity contribution in [2.45, 2.75) is 38.8 Å². The van der Waals surface area contributed by atoms with Crippen LogP contribution in [0.1, 0.15) is 37.3 Å². The molecule has 2 aromatic carbocycles. The molecule has 1 fully saturated rings. The highest BCUT2D eigenvalue weighted by Crippen LogP contribution is 2.28. The van der Waals surface area contributed by atoms with E-state index in [1.807, 2.05) is 55.1 Å². The maximum absolute atomic E-state index is 12.6. The molecule has 3 rings (SSSR count). The summed E-state index contributed by atoms with van der Waals surface area (Å²) in [5.41, 5.74) is 2.24. The van der Waals surface area contributed by atoms with E-state index in [4.69, 9.17) is 9.47 Å². The summed E-state index contributed by atoms with van der Waals surface area (Å²) in [4.78, 5) is 14.5. The van der Waals surface area contributed by atoms with Crippen LogP contribution in [0.5, 0.6) is 11.5 Å². The number of hydrogen-bond donors (Lipinski definition) is 1. The third-order valence-electron chi connectivity index (χ3n) is 4.83. The number of methoxy groups -OCH3 is 1. The van der Waals surface area contributed by atoms with Crippen LogP contribution in [0.4, 0.5) is 4.79 Å². The molecule has 2 amide bonds. The summed E-state index contributed by atoms with van der Waals surface area (Å²) in [7, 11) is 1.67. The quantitative estimate of drug-likeness (QED) is 0.832. The Balaban J connectivity index is 1.55. The van der Waals surface area contributed by atoms with Crippen LogP contribution in [-0.2, 0) is 6.54 Å². The van der Waals surface area contributed by atoms with Crippen LogP contribution < -0.4 is 14.8 Å². The summed E-state index contributed by atoms with van der Waals surface area (Å²) >= 11 is 0. The summed E-state index contributed by atoms with van der Waals surface area (Å²) in [5.74, 6) is 2.05. The van der Waals surface area contributed by atoms with Gasteiger partial charge in [0.1, 0.15) is 11.5 Å². The monoisotopic (exact) mass is 368 g/mol. The third-order valence-corrected chi connectivity index (χ3v) is 4.83. The summed E-state index contributed by atoms with van der Waals surface area (Å²) < 4.78 is 11.0. The summed E-state index contributed by atoms with van der Waals surface area (Å²) in [6.45, 7) is 5.97. The van der Waals surface area contributed by atoms with Gasteiger partial charge in [-0.1, -0.05) is 30.3 Å². The molecule has 1 saturated heterocycles. The molecule has 5 heteroatoms. The number of rotatable bonds is 6. The summed E-state index contributed by atoms with van der Waals surface area (Å²) in [6.07, 6.45) is 1.08. The van der Waals surface area contributed by atoms with Gasteiger partial charge >= 0.3 is 6.03 Å². The van der Waals surface area contributed by atoms with Crippen LogP contribution in [0, 0.1) is 0 Å². The number of ether oxygens (including phenoxy) is 2. The van der Waals surface area contributed by atoms with Crippen LogP contribution in [0.15, 0.2) is 48.5 Å². The van der Waals surface area contributed by atoms with Crippen molar-refractivity contribution >= 4 is 6.03 Å². The fraction of sp³-hybridized carbons (Fsp3) is 0.409. The van der Waals surface area contributed by atoms with Gasteiger partial charge in [0.2, 0.25) is 0 Å². The lowest BCUT2D eigenvalue weighted by Gasteiger charge is -2.19. The molecule has 0 aromatic heterocycles. The number of carbonyl (C=O) groups excluding carboxylic acids is 1. The Morgan fingerprint density at radius 1 is 1.19 bits per heavy atom. The zero-order valence-electron chi connectivity index (χ0n) is 16.3. The van der Waals surface area contributed by atoms with Gasteiger partial charge in [-0.25, -0.2) is 4.79 Å². The minimum atomic E-state index is -0.0228. The average molecular weight is 368 g/mol. The number of nitrogens with one attached hydrogen (secondary N) is 1. The number of urea groups is 1. The Morgan fingerprint density at radius 2 is 1.93 bits per heavy atom. The zero-order valence-corrected chi connectivity index (χ0v) is 16.3. The van der Waals surface area contributed by atoms with E-state index in [-0.39, 0.29) is 12.1 Å². The molecule has 1 aliphatic heterocycles. The first-order valence-corrected chi connectivity index (χ1v) is 9.48. The van der Waals surface area contributed by atoms with Crippen molar-refractivity contribution in [3.05, 3.63) is 59.7 Å². The lowest BCUT2D eigenvalue weighted by atomic mass is 9.98. The number of para-hydroxylation sites is 1. The zero-order chi connectivity index (χ0) is 19.2. The molecular formula is C22H28N2O3. The topological polar surface area (TPSA) is 50.8 Å². The minimum absolute atomic E-state index is 0.0228. The number of amides is 2. The Morgan fingerprint density at radius 3 is 2.63 bits per heavy atom. The number of carbonyl (C=O) groups is 1. The van der Waals surface area contributed by atoms with Gasteiger partial charge in [-0.15, -0.1) is 0 Å². The van der Waals surface area contributed by atoms with Crippen molar-refractivity contribution in [3.63, 3.8) is 0 Å². The lowest BCUT2D eigenvalue weighted by molar-refractivity contribution is 0.207. The first-order valence-electron chi connectivity index (χ1n) is 9.48. The van der Waals surface area contributed by atoms with E-state index in [2.05, 4.69) is 17.4 Å². The van der Waals surface area contributed by atoms with E-state index in [1.54, 1.807) is 7.11 Å². The lowest BCUT2D eigenvalue weighted by Crippen LogP contribution is -2.38. The number of nitrogens with zero attached hydrogens (tertiary/aromatic N) is 1. The maximum atomic E-state index is 12.6. The summed E-state index contributed by atoms with van der Waals surface area (Å²) in [6, 6.07) is 15.9. The fourth-order valence-electron chi connectivity index (χ4n) is 3.39. The molecule has 0 spiro atoms. The van der Waals surface area contributed by atoms with Crippen LogP contribution in [0.25, 0.3) is 0 Å². The number of hydrogen-bond acceptors (Lipinski definition) is 3. The number of benzene rings is 2. The molecule has 144 valence electrons. The van der Waals surface area contributed by atoms with E-state index in [9.17, 15) is 4.79 Å². The molecule has 0 radical (unpaired) electrons. The van der Waals surface area contributed by atoms with Crippen molar-refractivity contribution < 1.29 is 14.3 Å². The molecular weight excluding hydrogens is 340 g/mol. The largest absolute Gasteiger partial charge is 0.497 e. The Hall–Kier alpha value is -2.69. The predicted octanol–water partition coefficient (Wildman–Crippen LogP) is 4.18. The first kappa shape index (κ1) is 19.1. The summed E-state index contributed by atoms with van der Waals surface area (Å²) in [5, 5.41) is 3.03. The van der Waals surface area contributed by atoms with E-state index in [0.29, 0.717) is 12.5 Å². The molecule has 2 aromatic rings. The second-order valence-electron chi connectivity index (χ2n) is 7.14. The molecule has 0 saturated carbocycles. The second kappa shape index (κ2) is 8.80. The Kier molecular flexibility index (Phi) is 6.22. The number of likely N-dealkylation sites (tertiary alicyclic amines) is 1. The van der Waals surface area contributed by atoms with Crippen molar-refractivity contribution in [2.24, 2.45) is 0 Å². The highest BCUT2D eigenvalue weighted by molar-refractivity contribution is 5.74. The van der Waals surface area contributed by atoms with Crippen LogP contribution in [0.3, 0.4) is 0 Å². The predicted molar refractivity (Wildman–Crippen MR) is 106 cm³/mol. The van der Waals surface area contributed by atoms with Gasteiger partial charge in [-0.05, 0) is 44.0 Å². The molecule has 1 atom stereocenters. The van der Waals surface area contributed by atoms with Crippen molar-refractivity contribution in [2.75, 3.05) is 20.2 Å². The van der Waals surface area contributed by atoms with Crippen LogP contribution >= 0.6 is 0 Å². The van der Waals surface area contributed by atoms with Gasteiger partial charge in [0.05, 0.1) is 13.2 Å². The molecule has 5 nitrogen and oxygen atoms in total. The van der Waals surface area contributed by atoms with Crippen LogP contribution in [-0.4, -0.2) is 37.2 Å². The van der Waals surface area contributed by atoms with Gasteiger partial charge < -0.3 is 19.7 Å². The molecule has 1 aliphatic rings. The standard InChI is InChI=1S/C22H28N2O3/c1-16(2)27-21-7-5-4-6-18(21)14-23-22(25)24-13-12-19(15-24)17-8-10-20(26-3)11-9-17/h4-11,16,19H,12-15H2,1-3H3,(H,23,25). The van der Waals surface area contributed by atoms with Crippen LogP contribution in [0.2, 0.25) is 0 Å². The normalized spacial score (nSPS) is 16.4. The Bertz CT molecular complexity index is 758. The molecule has 27 heavy (non-hydrogen) atoms. The SMILES string of the molecule is COc1ccc(C2CCN(C(=O)NCc3ccccc3OC(C)C)C2)cc1. The second-order valence-corrected chi connectivity index (χ2v) is 7.14. The van der Waals surface area contributed by atoms with E-state index in [1.165, 1.54) is 5.56 Å². The van der Waals surface area contributed by atoms with Gasteiger partial charge in [0.25, 0.3) is 0 Å². The average Bonchev–Trinajstić information content (AvgIpc) is 3.17. The molecule has 1 heterocycles. The highest BCUT2D eigenvalue weighted by Gasteiger charge is 2.27. The van der Waals surface area contributed by atoms with Gasteiger partial charge in [-0.3, -0.25) is 0 Å². The molecule has 1 N–H and O–H groups in total. The smallest absolute Gasteiger partial charge is 0.317 e. The van der Waals surface area contributed by atoms with Crippen molar-refractivity contribution in [1.29, 1.82) is 0 Å². The molecule has 0 aliphatic carbocycles. The first-order chi connectivity index (χ1) is 13.1. The van der Waals surface area contributed by atoms with E-state index >= 15 is 0 Å². The Labute approximate surface area is 161 Å². The third kappa shape index (κ3) is 4.94. The van der Waals surface area contributed by atoms with Gasteiger partial charge in [-0.2, -0.15) is 0 Å². The van der Waals surface area contributed by atoms with E-state index < -0.39 is 0 Å². The van der Waals surface area contributed by atoms with E-state index in [0.717, 1.165) is 36.6 Å². The van der Waals surface area contributed by atoms with Gasteiger partial charge in [0.15, 0.2) is 0 Å². The minimum Gasteiger partial charge on any atom is -0.497 e. The molecule has 0 bridgehead atoms. The molecule has 1 unspecified atom stereocenters. The fourth-order valence-corrected chi connectivity index (χ4v) is 3.39.